The summed E-state index contributed by atoms with van der Waals surface area (Å²) in [7, 11) is 0. The van der Waals surface area contributed by atoms with Gasteiger partial charge in [-0.25, -0.2) is 4.79 Å². The minimum atomic E-state index is -0.832. The fourth-order valence-electron chi connectivity index (χ4n) is 2.24. The quantitative estimate of drug-likeness (QED) is 0.876. The molecule has 4 nitrogen and oxygen atoms in total. The van der Waals surface area contributed by atoms with Gasteiger partial charge in [0.2, 0.25) is 0 Å². The van der Waals surface area contributed by atoms with E-state index in [2.05, 4.69) is 6.07 Å². The van der Waals surface area contributed by atoms with Crippen molar-refractivity contribution in [2.75, 3.05) is 13.1 Å². The molecule has 0 atom stereocenters. The molecule has 1 amide bonds. The second-order valence-corrected chi connectivity index (χ2v) is 4.87. The minimum Gasteiger partial charge on any atom is -0.491 e. The zero-order chi connectivity index (χ0) is 13.1. The van der Waals surface area contributed by atoms with Gasteiger partial charge in [0.25, 0.3) is 0 Å². The number of fused-ring (bicyclic) bond motifs is 1. The van der Waals surface area contributed by atoms with Crippen LogP contribution in [0.3, 0.4) is 0 Å². The van der Waals surface area contributed by atoms with Crippen molar-refractivity contribution in [3.63, 3.8) is 0 Å². The second-order valence-electron chi connectivity index (χ2n) is 4.87. The lowest BCUT2D eigenvalue weighted by Gasteiger charge is -2.15. The first kappa shape index (κ1) is 12.7. The number of hydrogen-bond acceptors (Lipinski definition) is 2. The first-order valence-corrected chi connectivity index (χ1v) is 6.32. The maximum absolute atomic E-state index is 11.0. The lowest BCUT2D eigenvalue weighted by atomic mass is 10.0. The largest absolute Gasteiger partial charge is 0.491 e. The third-order valence-corrected chi connectivity index (χ3v) is 3.12. The van der Waals surface area contributed by atoms with Gasteiger partial charge in [0.05, 0.1) is 6.10 Å². The summed E-state index contributed by atoms with van der Waals surface area (Å²) in [6.45, 7) is 5.13. The minimum absolute atomic E-state index is 0.157. The van der Waals surface area contributed by atoms with Gasteiger partial charge in [0.1, 0.15) is 5.75 Å². The maximum atomic E-state index is 11.0. The fraction of sp³-hybridized carbons (Fsp3) is 0.500. The Morgan fingerprint density at radius 3 is 2.56 bits per heavy atom. The average molecular weight is 249 g/mol. The predicted molar refractivity (Wildman–Crippen MR) is 69.2 cm³/mol. The highest BCUT2D eigenvalue weighted by atomic mass is 16.5. The molecule has 18 heavy (non-hydrogen) atoms. The van der Waals surface area contributed by atoms with Gasteiger partial charge in [0.15, 0.2) is 0 Å². The van der Waals surface area contributed by atoms with Gasteiger partial charge in [-0.1, -0.05) is 6.07 Å². The van der Waals surface area contributed by atoms with Crippen molar-refractivity contribution in [3.8, 4) is 5.75 Å². The van der Waals surface area contributed by atoms with Gasteiger partial charge in [-0.05, 0) is 49.9 Å². The molecule has 0 saturated carbocycles. The van der Waals surface area contributed by atoms with Gasteiger partial charge < -0.3 is 14.7 Å². The Balaban J connectivity index is 2.15. The summed E-state index contributed by atoms with van der Waals surface area (Å²) < 4.78 is 5.67. The molecule has 98 valence electrons. The number of hydrogen-bond donors (Lipinski definition) is 1. The Kier molecular flexibility index (Phi) is 3.75. The third kappa shape index (κ3) is 2.94. The summed E-state index contributed by atoms with van der Waals surface area (Å²) in [5.74, 6) is 0.868. The van der Waals surface area contributed by atoms with Crippen molar-refractivity contribution in [1.29, 1.82) is 0 Å². The second kappa shape index (κ2) is 5.29. The van der Waals surface area contributed by atoms with E-state index in [1.807, 2.05) is 26.0 Å². The van der Waals surface area contributed by atoms with E-state index in [0.717, 1.165) is 18.6 Å². The van der Waals surface area contributed by atoms with E-state index in [1.54, 1.807) is 0 Å². The van der Waals surface area contributed by atoms with Crippen LogP contribution in [0.2, 0.25) is 0 Å². The van der Waals surface area contributed by atoms with E-state index >= 15 is 0 Å². The number of ether oxygens (including phenoxy) is 1. The molecule has 0 saturated heterocycles. The molecular formula is C14H19NO3. The summed E-state index contributed by atoms with van der Waals surface area (Å²) in [6, 6.07) is 6.06. The van der Waals surface area contributed by atoms with Crippen LogP contribution in [0.4, 0.5) is 4.79 Å². The first-order valence-electron chi connectivity index (χ1n) is 6.32. The van der Waals surface area contributed by atoms with Gasteiger partial charge >= 0.3 is 6.09 Å². The van der Waals surface area contributed by atoms with Crippen molar-refractivity contribution in [3.05, 3.63) is 29.3 Å². The smallest absolute Gasteiger partial charge is 0.407 e. The van der Waals surface area contributed by atoms with E-state index in [9.17, 15) is 4.79 Å². The van der Waals surface area contributed by atoms with Crippen LogP contribution >= 0.6 is 0 Å². The Morgan fingerprint density at radius 2 is 1.94 bits per heavy atom. The molecule has 0 aromatic heterocycles. The van der Waals surface area contributed by atoms with E-state index in [1.165, 1.54) is 16.0 Å². The number of carboxylic acid groups (broad SMARTS) is 1. The molecule has 0 bridgehead atoms. The molecule has 0 spiro atoms. The first-order chi connectivity index (χ1) is 8.56. The summed E-state index contributed by atoms with van der Waals surface area (Å²) in [6.07, 6.45) is 0.867. The van der Waals surface area contributed by atoms with Crippen LogP contribution in [0.15, 0.2) is 18.2 Å². The molecule has 1 aromatic rings. The molecule has 1 heterocycles. The third-order valence-electron chi connectivity index (χ3n) is 3.12. The molecule has 0 radical (unpaired) electrons. The standard InChI is InChI=1S/C14H19NO3/c1-10(2)18-13-4-3-11-5-7-15(14(16)17)8-6-12(11)9-13/h3-4,9-10H,5-8H2,1-2H3,(H,16,17). The molecule has 0 aliphatic carbocycles. The molecular weight excluding hydrogens is 230 g/mol. The summed E-state index contributed by atoms with van der Waals surface area (Å²) in [5, 5.41) is 9.02. The molecule has 1 aromatic carbocycles. The van der Waals surface area contributed by atoms with Gasteiger partial charge in [-0.2, -0.15) is 0 Å². The highest BCUT2D eigenvalue weighted by Gasteiger charge is 2.17. The van der Waals surface area contributed by atoms with Crippen LogP contribution < -0.4 is 4.74 Å². The highest BCUT2D eigenvalue weighted by molar-refractivity contribution is 5.65. The SMILES string of the molecule is CC(C)Oc1ccc2c(c1)CCN(C(=O)O)CC2. The zero-order valence-corrected chi connectivity index (χ0v) is 10.8. The number of carbonyl (C=O) groups is 1. The number of amides is 1. The molecule has 1 aliphatic rings. The van der Waals surface area contributed by atoms with E-state index < -0.39 is 6.09 Å². The molecule has 0 unspecified atom stereocenters. The zero-order valence-electron chi connectivity index (χ0n) is 10.8. The van der Waals surface area contributed by atoms with Crippen molar-refractivity contribution < 1.29 is 14.6 Å². The number of rotatable bonds is 2. The van der Waals surface area contributed by atoms with E-state index in [-0.39, 0.29) is 6.10 Å². The van der Waals surface area contributed by atoms with E-state index in [4.69, 9.17) is 9.84 Å². The van der Waals surface area contributed by atoms with Crippen LogP contribution in [0.1, 0.15) is 25.0 Å². The maximum Gasteiger partial charge on any atom is 0.407 e. The highest BCUT2D eigenvalue weighted by Crippen LogP contribution is 2.22. The van der Waals surface area contributed by atoms with Crippen molar-refractivity contribution >= 4 is 6.09 Å². The predicted octanol–water partition coefficient (Wildman–Crippen LogP) is 2.55. The number of nitrogens with zero attached hydrogens (tertiary/aromatic N) is 1. The molecule has 0 fully saturated rings. The van der Waals surface area contributed by atoms with Gasteiger partial charge in [0, 0.05) is 13.1 Å². The van der Waals surface area contributed by atoms with Crippen LogP contribution in [-0.2, 0) is 12.8 Å². The lowest BCUT2D eigenvalue weighted by molar-refractivity contribution is 0.147. The van der Waals surface area contributed by atoms with Gasteiger partial charge in [-0.15, -0.1) is 0 Å². The van der Waals surface area contributed by atoms with Crippen molar-refractivity contribution in [2.45, 2.75) is 32.8 Å². The van der Waals surface area contributed by atoms with Crippen molar-refractivity contribution in [1.82, 2.24) is 4.90 Å². The Hall–Kier alpha value is -1.71. The van der Waals surface area contributed by atoms with Crippen LogP contribution in [0.5, 0.6) is 5.75 Å². The Morgan fingerprint density at radius 1 is 1.28 bits per heavy atom. The average Bonchev–Trinajstić information content (AvgIpc) is 2.50. The van der Waals surface area contributed by atoms with E-state index in [0.29, 0.717) is 13.1 Å². The van der Waals surface area contributed by atoms with Gasteiger partial charge in [-0.3, -0.25) is 0 Å². The van der Waals surface area contributed by atoms with Crippen LogP contribution in [0.25, 0.3) is 0 Å². The monoisotopic (exact) mass is 249 g/mol. The number of benzene rings is 1. The summed E-state index contributed by atoms with van der Waals surface area (Å²) >= 11 is 0. The molecule has 1 aliphatic heterocycles. The van der Waals surface area contributed by atoms with Crippen LogP contribution in [-0.4, -0.2) is 35.3 Å². The lowest BCUT2D eigenvalue weighted by Crippen LogP contribution is -2.31. The molecule has 4 heteroatoms. The molecule has 2 rings (SSSR count). The Labute approximate surface area is 107 Å². The van der Waals surface area contributed by atoms with Crippen LogP contribution in [0, 0.1) is 0 Å². The fourth-order valence-corrected chi connectivity index (χ4v) is 2.24. The Bertz CT molecular complexity index is 443. The van der Waals surface area contributed by atoms with Crippen molar-refractivity contribution in [2.24, 2.45) is 0 Å². The topological polar surface area (TPSA) is 49.8 Å². The molecule has 1 N–H and O–H groups in total. The summed E-state index contributed by atoms with van der Waals surface area (Å²) in [4.78, 5) is 12.4. The summed E-state index contributed by atoms with van der Waals surface area (Å²) in [5.41, 5.74) is 2.44. The normalized spacial score (nSPS) is 15.2.